The first-order valence-electron chi connectivity index (χ1n) is 9.38. The molecule has 0 atom stereocenters. The Labute approximate surface area is 149 Å². The highest BCUT2D eigenvalue weighted by atomic mass is 20.0. The van der Waals surface area contributed by atoms with Crippen LogP contribution in [-0.2, 0) is 0 Å². The van der Waals surface area contributed by atoms with Crippen molar-refractivity contribution in [1.29, 1.82) is 0 Å². The van der Waals surface area contributed by atoms with Crippen LogP contribution < -0.4 is 4.74 Å². The van der Waals surface area contributed by atoms with Crippen LogP contribution in [0.4, 0.5) is 13.5 Å². The molecule has 2 aliphatic carbocycles. The predicted molar refractivity (Wildman–Crippen MR) is 95.3 cm³/mol. The van der Waals surface area contributed by atoms with Crippen LogP contribution in [0.1, 0.15) is 69.8 Å². The molecule has 0 amide bonds. The summed E-state index contributed by atoms with van der Waals surface area (Å²) in [5.74, 6) is 3.31. The van der Waals surface area contributed by atoms with Gasteiger partial charge in [-0.3, -0.25) is 0 Å². The number of hydrogen-bond donors (Lipinski definition) is 0. The largest absolute Gasteiger partial charge is 0.463 e. The summed E-state index contributed by atoms with van der Waals surface area (Å²) in [5, 5.41) is 0. The molecular formula is C21H29F3O. The maximum atomic E-state index is 14.0. The highest BCUT2D eigenvalue weighted by molar-refractivity contribution is 5.32. The van der Waals surface area contributed by atoms with Crippen LogP contribution in [-0.4, -0.2) is 0 Å². The molecule has 0 bridgehead atoms. The molecule has 0 saturated heterocycles. The van der Waals surface area contributed by atoms with Crippen molar-refractivity contribution in [3.8, 4) is 5.75 Å². The van der Waals surface area contributed by atoms with E-state index in [0.717, 1.165) is 23.3 Å². The van der Waals surface area contributed by atoms with E-state index < -0.39 is 0 Å². The van der Waals surface area contributed by atoms with Crippen molar-refractivity contribution in [3.05, 3.63) is 42.4 Å². The summed E-state index contributed by atoms with van der Waals surface area (Å²) in [6.07, 6.45) is 12.0. The first kappa shape index (κ1) is 19.9. The SMILES string of the molecule is C=COc1ccc(C2CCC(C3CCC(C)CC3)CC2)cc1F.FF. The van der Waals surface area contributed by atoms with Gasteiger partial charge < -0.3 is 4.74 Å². The lowest BCUT2D eigenvalue weighted by Gasteiger charge is -2.37. The molecule has 2 fully saturated rings. The van der Waals surface area contributed by atoms with E-state index in [2.05, 4.69) is 13.5 Å². The second-order valence-corrected chi connectivity index (χ2v) is 7.61. The Morgan fingerprint density at radius 1 is 0.960 bits per heavy atom. The van der Waals surface area contributed by atoms with Crippen LogP contribution in [0.2, 0.25) is 0 Å². The molecule has 1 aromatic carbocycles. The van der Waals surface area contributed by atoms with Gasteiger partial charge in [-0.1, -0.05) is 32.4 Å². The van der Waals surface area contributed by atoms with Gasteiger partial charge in [0.25, 0.3) is 0 Å². The summed E-state index contributed by atoms with van der Waals surface area (Å²) in [4.78, 5) is 0. The highest BCUT2D eigenvalue weighted by Gasteiger charge is 2.30. The van der Waals surface area contributed by atoms with E-state index in [1.54, 1.807) is 12.1 Å². The summed E-state index contributed by atoms with van der Waals surface area (Å²) in [5.41, 5.74) is 1.13. The van der Waals surface area contributed by atoms with Gasteiger partial charge in [0, 0.05) is 9.15 Å². The zero-order chi connectivity index (χ0) is 18.2. The smallest absolute Gasteiger partial charge is 0.165 e. The number of ether oxygens (including phenoxy) is 1. The minimum atomic E-state index is -0.272. The molecule has 25 heavy (non-hydrogen) atoms. The van der Waals surface area contributed by atoms with Crippen LogP contribution >= 0.6 is 0 Å². The van der Waals surface area contributed by atoms with Gasteiger partial charge in [0.15, 0.2) is 11.6 Å². The number of benzene rings is 1. The Bertz CT molecular complexity index is 530. The van der Waals surface area contributed by atoms with E-state index in [1.165, 1.54) is 57.6 Å². The van der Waals surface area contributed by atoms with E-state index in [1.807, 2.05) is 6.07 Å². The van der Waals surface area contributed by atoms with Crippen molar-refractivity contribution in [1.82, 2.24) is 0 Å². The first-order valence-corrected chi connectivity index (χ1v) is 9.38. The van der Waals surface area contributed by atoms with Crippen LogP contribution in [0.15, 0.2) is 31.0 Å². The molecule has 1 nitrogen and oxygen atoms in total. The summed E-state index contributed by atoms with van der Waals surface area (Å²) < 4.78 is 35.1. The molecule has 0 aromatic heterocycles. The van der Waals surface area contributed by atoms with Crippen molar-refractivity contribution in [2.24, 2.45) is 17.8 Å². The monoisotopic (exact) mass is 354 g/mol. The van der Waals surface area contributed by atoms with Gasteiger partial charge in [0.2, 0.25) is 0 Å². The molecular weight excluding hydrogens is 325 g/mol. The molecule has 2 aliphatic rings. The molecule has 0 radical (unpaired) electrons. The minimum absolute atomic E-state index is 0.272. The van der Waals surface area contributed by atoms with Gasteiger partial charge in [-0.2, -0.15) is 0 Å². The first-order chi connectivity index (χ1) is 12.2. The quantitative estimate of drug-likeness (QED) is 0.516. The van der Waals surface area contributed by atoms with Gasteiger partial charge in [0.05, 0.1) is 6.26 Å². The average Bonchev–Trinajstić information content (AvgIpc) is 2.66. The second kappa shape index (κ2) is 9.88. The maximum absolute atomic E-state index is 14.0. The van der Waals surface area contributed by atoms with Crippen molar-refractivity contribution in [3.63, 3.8) is 0 Å². The van der Waals surface area contributed by atoms with Crippen LogP contribution in [0.5, 0.6) is 5.75 Å². The van der Waals surface area contributed by atoms with E-state index >= 15 is 0 Å². The summed E-state index contributed by atoms with van der Waals surface area (Å²) >= 11 is 0. The molecule has 3 rings (SSSR count). The fourth-order valence-electron chi connectivity index (χ4n) is 4.64. The van der Waals surface area contributed by atoms with Crippen molar-refractivity contribution in [2.45, 2.75) is 64.2 Å². The molecule has 0 unspecified atom stereocenters. The van der Waals surface area contributed by atoms with E-state index in [0.29, 0.717) is 5.92 Å². The van der Waals surface area contributed by atoms with Gasteiger partial charge in [-0.25, -0.2) is 4.39 Å². The summed E-state index contributed by atoms with van der Waals surface area (Å²) in [6, 6.07) is 5.42. The molecule has 4 heteroatoms. The molecule has 1 aromatic rings. The number of halogens is 3. The van der Waals surface area contributed by atoms with E-state index in [9.17, 15) is 4.39 Å². The van der Waals surface area contributed by atoms with Gasteiger partial charge >= 0.3 is 0 Å². The number of hydrogen-bond acceptors (Lipinski definition) is 1. The van der Waals surface area contributed by atoms with Crippen molar-refractivity contribution in [2.75, 3.05) is 0 Å². The molecule has 0 spiro atoms. The fraction of sp³-hybridized carbons (Fsp3) is 0.619. The lowest BCUT2D eigenvalue weighted by Crippen LogP contribution is -2.24. The third kappa shape index (κ3) is 5.26. The summed E-state index contributed by atoms with van der Waals surface area (Å²) in [6.45, 7) is 5.87. The van der Waals surface area contributed by atoms with E-state index in [-0.39, 0.29) is 11.6 Å². The fourth-order valence-corrected chi connectivity index (χ4v) is 4.64. The average molecular weight is 354 g/mol. The Morgan fingerprint density at radius 3 is 2.04 bits per heavy atom. The Morgan fingerprint density at radius 2 is 1.52 bits per heavy atom. The molecule has 0 heterocycles. The minimum Gasteiger partial charge on any atom is -0.463 e. The molecule has 0 aliphatic heterocycles. The standard InChI is InChI=1S/C21H29FO.F2/c1-3-23-21-13-12-19(14-20(21)22)18-10-8-17(9-11-18)16-6-4-15(2)5-7-16;1-2/h3,12-18H,1,4-11H2,2H3;. The van der Waals surface area contributed by atoms with E-state index in [4.69, 9.17) is 13.9 Å². The second-order valence-electron chi connectivity index (χ2n) is 7.61. The third-order valence-electron chi connectivity index (χ3n) is 6.14. The lowest BCUT2D eigenvalue weighted by atomic mass is 9.68. The number of rotatable bonds is 4. The molecule has 2 saturated carbocycles. The highest BCUT2D eigenvalue weighted by Crippen LogP contribution is 2.44. The lowest BCUT2D eigenvalue weighted by molar-refractivity contribution is 0.108. The zero-order valence-electron chi connectivity index (χ0n) is 15.0. The zero-order valence-corrected chi connectivity index (χ0v) is 15.0. The topological polar surface area (TPSA) is 9.23 Å². The van der Waals surface area contributed by atoms with Crippen LogP contribution in [0, 0.1) is 23.6 Å². The molecule has 0 N–H and O–H groups in total. The van der Waals surface area contributed by atoms with Crippen molar-refractivity contribution < 1.29 is 18.3 Å². The van der Waals surface area contributed by atoms with Gasteiger partial charge in [-0.15, -0.1) is 0 Å². The normalized spacial score (nSPS) is 29.3. The Kier molecular flexibility index (Phi) is 7.86. The van der Waals surface area contributed by atoms with Crippen molar-refractivity contribution >= 4 is 0 Å². The third-order valence-corrected chi connectivity index (χ3v) is 6.14. The van der Waals surface area contributed by atoms with Gasteiger partial charge in [0.1, 0.15) is 0 Å². The summed E-state index contributed by atoms with van der Waals surface area (Å²) in [7, 11) is 0. The Balaban J connectivity index is 0.00000109. The molecule has 140 valence electrons. The van der Waals surface area contributed by atoms with Crippen LogP contribution in [0.3, 0.4) is 0 Å². The van der Waals surface area contributed by atoms with Crippen LogP contribution in [0.25, 0.3) is 0 Å². The maximum Gasteiger partial charge on any atom is 0.165 e. The Hall–Kier alpha value is -1.45. The predicted octanol–water partition coefficient (Wildman–Crippen LogP) is 7.29. The van der Waals surface area contributed by atoms with Gasteiger partial charge in [-0.05, 0) is 79.9 Å².